The highest BCUT2D eigenvalue weighted by Gasteiger charge is 2.33. The van der Waals surface area contributed by atoms with Gasteiger partial charge in [0.25, 0.3) is 0 Å². The third-order valence-corrected chi connectivity index (χ3v) is 8.00. The van der Waals surface area contributed by atoms with E-state index in [0.29, 0.717) is 18.1 Å². The van der Waals surface area contributed by atoms with E-state index >= 15 is 0 Å². The number of methoxy groups -OCH3 is 1. The minimum Gasteiger partial charge on any atom is -0.497 e. The van der Waals surface area contributed by atoms with E-state index in [9.17, 15) is 0 Å². The molecule has 5 heteroatoms. The van der Waals surface area contributed by atoms with Gasteiger partial charge in [-0.05, 0) is 92.9 Å². The quantitative estimate of drug-likeness (QED) is 0.630. The summed E-state index contributed by atoms with van der Waals surface area (Å²) in [7, 11) is 1.76. The Labute approximate surface area is 204 Å². The molecule has 5 nitrogen and oxygen atoms in total. The molecule has 3 aliphatic rings. The first-order valence-electron chi connectivity index (χ1n) is 13.2. The highest BCUT2D eigenvalue weighted by molar-refractivity contribution is 5.40. The van der Waals surface area contributed by atoms with Crippen LogP contribution in [0.15, 0.2) is 42.5 Å². The summed E-state index contributed by atoms with van der Waals surface area (Å²) in [5, 5.41) is 3.61. The summed E-state index contributed by atoms with van der Waals surface area (Å²) in [6.07, 6.45) is 8.31. The number of ether oxygens (including phenoxy) is 3. The molecule has 0 amide bonds. The molecule has 34 heavy (non-hydrogen) atoms. The molecule has 3 heterocycles. The fraction of sp³-hybridized carbons (Fsp3) is 0.586. The van der Waals surface area contributed by atoms with Crippen LogP contribution in [-0.2, 0) is 17.6 Å². The lowest BCUT2D eigenvalue weighted by molar-refractivity contribution is 0.0129. The average Bonchev–Trinajstić information content (AvgIpc) is 2.90. The lowest BCUT2D eigenvalue weighted by Gasteiger charge is -2.44. The van der Waals surface area contributed by atoms with Crippen LogP contribution in [0, 0.1) is 0 Å². The Kier molecular flexibility index (Phi) is 7.73. The maximum absolute atomic E-state index is 6.30. The van der Waals surface area contributed by atoms with Crippen LogP contribution in [0.3, 0.4) is 0 Å². The van der Waals surface area contributed by atoms with Gasteiger partial charge in [-0.15, -0.1) is 0 Å². The molecule has 3 atom stereocenters. The van der Waals surface area contributed by atoms with E-state index in [4.69, 9.17) is 14.2 Å². The Morgan fingerprint density at radius 1 is 1.03 bits per heavy atom. The lowest BCUT2D eigenvalue weighted by Crippen LogP contribution is -2.46. The minimum absolute atomic E-state index is 0.190. The Hall–Kier alpha value is -2.08. The number of rotatable bonds is 7. The minimum atomic E-state index is 0.190. The Bertz CT molecular complexity index is 919. The van der Waals surface area contributed by atoms with Gasteiger partial charge in [-0.3, -0.25) is 4.90 Å². The molecule has 3 aliphatic heterocycles. The molecule has 0 saturated carbocycles. The number of nitrogens with zero attached hydrogens (tertiary/aromatic N) is 1. The van der Waals surface area contributed by atoms with Gasteiger partial charge >= 0.3 is 0 Å². The maximum Gasteiger partial charge on any atom is 0.119 e. The summed E-state index contributed by atoms with van der Waals surface area (Å²) < 4.78 is 17.5. The number of hydrogen-bond acceptors (Lipinski definition) is 5. The van der Waals surface area contributed by atoms with Crippen LogP contribution in [-0.4, -0.2) is 56.5 Å². The van der Waals surface area contributed by atoms with Gasteiger partial charge in [0.1, 0.15) is 17.6 Å². The maximum atomic E-state index is 6.30. The number of fused-ring (bicyclic) bond motifs is 1. The summed E-state index contributed by atoms with van der Waals surface area (Å²) in [6.45, 7) is 6.15. The molecule has 0 radical (unpaired) electrons. The van der Waals surface area contributed by atoms with Gasteiger partial charge in [0.05, 0.1) is 7.11 Å². The fourth-order valence-corrected chi connectivity index (χ4v) is 6.02. The molecule has 0 aromatic heterocycles. The molecule has 3 unspecified atom stereocenters. The second-order valence-electron chi connectivity index (χ2n) is 10.1. The van der Waals surface area contributed by atoms with E-state index in [0.717, 1.165) is 63.5 Å². The van der Waals surface area contributed by atoms with Gasteiger partial charge in [0.2, 0.25) is 0 Å². The average molecular weight is 465 g/mol. The monoisotopic (exact) mass is 464 g/mol. The van der Waals surface area contributed by atoms with Gasteiger partial charge < -0.3 is 19.5 Å². The first kappa shape index (κ1) is 23.7. The van der Waals surface area contributed by atoms with Crippen molar-refractivity contribution in [3.8, 4) is 11.5 Å². The van der Waals surface area contributed by atoms with Crippen molar-refractivity contribution in [2.75, 3.05) is 33.4 Å². The summed E-state index contributed by atoms with van der Waals surface area (Å²) in [5.41, 5.74) is 4.25. The van der Waals surface area contributed by atoms with E-state index in [2.05, 4.69) is 59.6 Å². The second kappa shape index (κ2) is 11.1. The first-order valence-corrected chi connectivity index (χ1v) is 13.2. The third-order valence-electron chi connectivity index (χ3n) is 8.00. The van der Waals surface area contributed by atoms with Crippen LogP contribution in [0.5, 0.6) is 11.5 Å². The molecular formula is C29H40N2O3. The van der Waals surface area contributed by atoms with E-state index in [-0.39, 0.29) is 6.10 Å². The Balaban J connectivity index is 1.32. The van der Waals surface area contributed by atoms with Crippen molar-refractivity contribution in [2.45, 2.75) is 76.1 Å². The SMILES string of the molecule is COc1ccc2c(c1)CCN(C1CCOCC1)C2Cc1ccc(OC(C)C2CCCCN2)cc1. The highest BCUT2D eigenvalue weighted by atomic mass is 16.5. The predicted octanol–water partition coefficient (Wildman–Crippen LogP) is 4.93. The fourth-order valence-electron chi connectivity index (χ4n) is 6.02. The molecule has 2 saturated heterocycles. The van der Waals surface area contributed by atoms with Gasteiger partial charge in [0.15, 0.2) is 0 Å². The number of nitrogens with one attached hydrogen (secondary N) is 1. The zero-order valence-corrected chi connectivity index (χ0v) is 20.8. The van der Waals surface area contributed by atoms with Gasteiger partial charge in [-0.25, -0.2) is 0 Å². The smallest absolute Gasteiger partial charge is 0.119 e. The normalized spacial score (nSPS) is 24.9. The molecule has 0 spiro atoms. The van der Waals surface area contributed by atoms with Crippen molar-refractivity contribution < 1.29 is 14.2 Å². The summed E-state index contributed by atoms with van der Waals surface area (Å²) >= 11 is 0. The summed E-state index contributed by atoms with van der Waals surface area (Å²) in [5.74, 6) is 1.93. The van der Waals surface area contributed by atoms with Crippen LogP contribution in [0.4, 0.5) is 0 Å². The topological polar surface area (TPSA) is 43.0 Å². The number of piperidine rings is 1. The molecule has 2 aromatic carbocycles. The predicted molar refractivity (Wildman–Crippen MR) is 136 cm³/mol. The van der Waals surface area contributed by atoms with Gasteiger partial charge in [0, 0.05) is 37.9 Å². The standard InChI is InChI=1S/C29H40N2O3/c1-21(28-5-3-4-15-30-28)34-25-8-6-22(7-9-25)19-29-27-11-10-26(32-2)20-23(27)12-16-31(29)24-13-17-33-18-14-24/h6-11,20-21,24,28-30H,3-5,12-19H2,1-2H3. The lowest BCUT2D eigenvalue weighted by atomic mass is 9.86. The molecule has 2 aromatic rings. The molecule has 184 valence electrons. The van der Waals surface area contributed by atoms with E-state index < -0.39 is 0 Å². The van der Waals surface area contributed by atoms with Crippen LogP contribution in [0.1, 0.15) is 61.8 Å². The highest BCUT2D eigenvalue weighted by Crippen LogP contribution is 2.37. The van der Waals surface area contributed by atoms with Crippen LogP contribution < -0.4 is 14.8 Å². The van der Waals surface area contributed by atoms with Crippen LogP contribution in [0.2, 0.25) is 0 Å². The number of benzene rings is 2. The largest absolute Gasteiger partial charge is 0.497 e. The first-order chi connectivity index (χ1) is 16.7. The van der Waals surface area contributed by atoms with Crippen molar-refractivity contribution in [3.63, 3.8) is 0 Å². The van der Waals surface area contributed by atoms with Gasteiger partial charge in [-0.1, -0.05) is 24.6 Å². The molecular weight excluding hydrogens is 424 g/mol. The van der Waals surface area contributed by atoms with E-state index in [1.54, 1.807) is 7.11 Å². The van der Waals surface area contributed by atoms with Crippen LogP contribution in [0.25, 0.3) is 0 Å². The van der Waals surface area contributed by atoms with Crippen molar-refractivity contribution in [2.24, 2.45) is 0 Å². The molecule has 0 bridgehead atoms. The van der Waals surface area contributed by atoms with Crippen molar-refractivity contribution in [3.05, 3.63) is 59.2 Å². The molecule has 2 fully saturated rings. The third kappa shape index (κ3) is 5.42. The summed E-state index contributed by atoms with van der Waals surface area (Å²) in [6, 6.07) is 16.9. The Morgan fingerprint density at radius 2 is 1.82 bits per heavy atom. The molecule has 1 N–H and O–H groups in total. The second-order valence-corrected chi connectivity index (χ2v) is 10.1. The van der Waals surface area contributed by atoms with Crippen LogP contribution >= 0.6 is 0 Å². The zero-order chi connectivity index (χ0) is 23.3. The number of hydrogen-bond donors (Lipinski definition) is 1. The van der Waals surface area contributed by atoms with Crippen molar-refractivity contribution >= 4 is 0 Å². The van der Waals surface area contributed by atoms with Crippen molar-refractivity contribution in [1.82, 2.24) is 10.2 Å². The van der Waals surface area contributed by atoms with E-state index in [1.165, 1.54) is 36.0 Å². The summed E-state index contributed by atoms with van der Waals surface area (Å²) in [4.78, 5) is 2.75. The van der Waals surface area contributed by atoms with Gasteiger partial charge in [-0.2, -0.15) is 0 Å². The Morgan fingerprint density at radius 3 is 2.56 bits per heavy atom. The molecule has 5 rings (SSSR count). The van der Waals surface area contributed by atoms with E-state index in [1.807, 2.05) is 0 Å². The zero-order valence-electron chi connectivity index (χ0n) is 20.8. The molecule has 0 aliphatic carbocycles. The van der Waals surface area contributed by atoms with Crippen molar-refractivity contribution in [1.29, 1.82) is 0 Å².